The molecule has 0 heterocycles. The lowest BCUT2D eigenvalue weighted by atomic mass is 9.67. The molecule has 1 nitrogen and oxygen atoms in total. The number of benzene rings is 1. The van der Waals surface area contributed by atoms with Crippen molar-refractivity contribution in [2.24, 2.45) is 0 Å². The molecule has 106 valence electrons. The number of aryl methyl sites for hydroxylation is 1. The SMILES string of the molecule is CCCCC1(CNC(C)C)CCCc2ccccc21. The van der Waals surface area contributed by atoms with E-state index in [0.717, 1.165) is 6.54 Å². The smallest absolute Gasteiger partial charge is 0.00807 e. The molecule has 0 radical (unpaired) electrons. The van der Waals surface area contributed by atoms with Crippen molar-refractivity contribution >= 4 is 0 Å². The van der Waals surface area contributed by atoms with Crippen LogP contribution in [-0.4, -0.2) is 12.6 Å². The average Bonchev–Trinajstić information content (AvgIpc) is 2.43. The Hall–Kier alpha value is -0.820. The molecule has 0 fully saturated rings. The van der Waals surface area contributed by atoms with Gasteiger partial charge in [-0.05, 0) is 36.8 Å². The standard InChI is InChI=1S/C18H29N/c1-4-5-12-18(14-19-15(2)3)13-8-10-16-9-6-7-11-17(16)18/h6-7,9,11,15,19H,4-5,8,10,12-14H2,1-3H3. The Morgan fingerprint density at radius 1 is 1.26 bits per heavy atom. The Morgan fingerprint density at radius 2 is 2.05 bits per heavy atom. The molecule has 0 bridgehead atoms. The molecule has 1 N–H and O–H groups in total. The number of hydrogen-bond donors (Lipinski definition) is 1. The molecule has 1 heteroatoms. The van der Waals surface area contributed by atoms with E-state index in [1.807, 2.05) is 0 Å². The summed E-state index contributed by atoms with van der Waals surface area (Å²) < 4.78 is 0. The van der Waals surface area contributed by atoms with Gasteiger partial charge in [0.25, 0.3) is 0 Å². The van der Waals surface area contributed by atoms with Crippen LogP contribution in [-0.2, 0) is 11.8 Å². The van der Waals surface area contributed by atoms with E-state index >= 15 is 0 Å². The zero-order chi connectivity index (χ0) is 13.7. The average molecular weight is 259 g/mol. The molecule has 2 rings (SSSR count). The minimum absolute atomic E-state index is 0.384. The predicted molar refractivity (Wildman–Crippen MR) is 83.7 cm³/mol. The second-order valence-electron chi connectivity index (χ2n) is 6.43. The quantitative estimate of drug-likeness (QED) is 0.796. The highest BCUT2D eigenvalue weighted by Crippen LogP contribution is 2.40. The third-order valence-electron chi connectivity index (χ3n) is 4.55. The van der Waals surface area contributed by atoms with Gasteiger partial charge < -0.3 is 5.32 Å². The van der Waals surface area contributed by atoms with Gasteiger partial charge >= 0.3 is 0 Å². The van der Waals surface area contributed by atoms with Gasteiger partial charge in [-0.15, -0.1) is 0 Å². The van der Waals surface area contributed by atoms with Gasteiger partial charge in [0.1, 0.15) is 0 Å². The molecule has 0 amide bonds. The molecule has 1 aliphatic carbocycles. The van der Waals surface area contributed by atoms with Crippen LogP contribution in [0.1, 0.15) is 64.0 Å². The van der Waals surface area contributed by atoms with E-state index in [9.17, 15) is 0 Å². The van der Waals surface area contributed by atoms with Crippen LogP contribution in [0, 0.1) is 0 Å². The summed E-state index contributed by atoms with van der Waals surface area (Å²) in [6, 6.07) is 9.72. The highest BCUT2D eigenvalue weighted by molar-refractivity contribution is 5.37. The molecule has 1 atom stereocenters. The van der Waals surface area contributed by atoms with E-state index in [0.29, 0.717) is 11.5 Å². The lowest BCUT2D eigenvalue weighted by Gasteiger charge is -2.40. The Morgan fingerprint density at radius 3 is 2.79 bits per heavy atom. The van der Waals surface area contributed by atoms with Crippen molar-refractivity contribution in [1.82, 2.24) is 5.32 Å². The number of hydrogen-bond acceptors (Lipinski definition) is 1. The number of fused-ring (bicyclic) bond motifs is 1. The molecule has 1 unspecified atom stereocenters. The maximum absolute atomic E-state index is 3.71. The van der Waals surface area contributed by atoms with Gasteiger partial charge in [-0.1, -0.05) is 57.9 Å². The van der Waals surface area contributed by atoms with Crippen LogP contribution in [0.3, 0.4) is 0 Å². The topological polar surface area (TPSA) is 12.0 Å². The first-order valence-corrected chi connectivity index (χ1v) is 8.00. The molecule has 0 saturated carbocycles. The van der Waals surface area contributed by atoms with Crippen molar-refractivity contribution in [3.8, 4) is 0 Å². The first-order chi connectivity index (χ1) is 9.18. The van der Waals surface area contributed by atoms with Gasteiger partial charge in [0.05, 0.1) is 0 Å². The lowest BCUT2D eigenvalue weighted by molar-refractivity contribution is 0.300. The first-order valence-electron chi connectivity index (χ1n) is 8.00. The van der Waals surface area contributed by atoms with Crippen molar-refractivity contribution < 1.29 is 0 Å². The minimum atomic E-state index is 0.384. The van der Waals surface area contributed by atoms with Crippen LogP contribution in [0.4, 0.5) is 0 Å². The van der Waals surface area contributed by atoms with Crippen LogP contribution in [0.25, 0.3) is 0 Å². The molecule has 0 saturated heterocycles. The summed E-state index contributed by atoms with van der Waals surface area (Å²) in [5.41, 5.74) is 3.60. The number of rotatable bonds is 6. The third kappa shape index (κ3) is 3.39. The Bertz CT molecular complexity index is 396. The van der Waals surface area contributed by atoms with Crippen molar-refractivity contribution in [2.45, 2.75) is 70.8 Å². The zero-order valence-electron chi connectivity index (χ0n) is 12.8. The summed E-state index contributed by atoms with van der Waals surface area (Å²) in [5, 5.41) is 3.71. The van der Waals surface area contributed by atoms with Crippen LogP contribution in [0.5, 0.6) is 0 Å². The van der Waals surface area contributed by atoms with Gasteiger partial charge in [-0.3, -0.25) is 0 Å². The summed E-state index contributed by atoms with van der Waals surface area (Å²) in [6.07, 6.45) is 7.94. The summed E-state index contributed by atoms with van der Waals surface area (Å²) in [7, 11) is 0. The van der Waals surface area contributed by atoms with Gasteiger partial charge in [-0.2, -0.15) is 0 Å². The van der Waals surface area contributed by atoms with E-state index in [1.165, 1.54) is 38.5 Å². The Balaban J connectivity index is 2.27. The van der Waals surface area contributed by atoms with Gasteiger partial charge in [0.2, 0.25) is 0 Å². The van der Waals surface area contributed by atoms with E-state index in [1.54, 1.807) is 11.1 Å². The Kier molecular flexibility index (Phi) is 5.04. The van der Waals surface area contributed by atoms with Crippen molar-refractivity contribution in [2.75, 3.05) is 6.54 Å². The maximum atomic E-state index is 3.71. The first kappa shape index (κ1) is 14.6. The zero-order valence-corrected chi connectivity index (χ0v) is 12.8. The molecule has 1 aliphatic rings. The summed E-state index contributed by atoms with van der Waals surface area (Å²) in [5.74, 6) is 0. The second-order valence-corrected chi connectivity index (χ2v) is 6.43. The summed E-state index contributed by atoms with van der Waals surface area (Å²) in [4.78, 5) is 0. The normalized spacial score (nSPS) is 22.5. The monoisotopic (exact) mass is 259 g/mol. The lowest BCUT2D eigenvalue weighted by Crippen LogP contribution is -2.43. The molecule has 19 heavy (non-hydrogen) atoms. The molecule has 0 aromatic heterocycles. The summed E-state index contributed by atoms with van der Waals surface area (Å²) in [6.45, 7) is 7.95. The van der Waals surface area contributed by atoms with E-state index in [2.05, 4.69) is 50.4 Å². The number of nitrogens with one attached hydrogen (secondary N) is 1. The second kappa shape index (κ2) is 6.56. The fourth-order valence-corrected chi connectivity index (χ4v) is 3.45. The fraction of sp³-hybridized carbons (Fsp3) is 0.667. The Labute approximate surface area is 118 Å². The van der Waals surface area contributed by atoms with Crippen LogP contribution in [0.2, 0.25) is 0 Å². The van der Waals surface area contributed by atoms with Crippen molar-refractivity contribution in [1.29, 1.82) is 0 Å². The van der Waals surface area contributed by atoms with Crippen LogP contribution >= 0.6 is 0 Å². The van der Waals surface area contributed by atoms with Crippen LogP contribution in [0.15, 0.2) is 24.3 Å². The largest absolute Gasteiger partial charge is 0.314 e. The third-order valence-corrected chi connectivity index (χ3v) is 4.55. The maximum Gasteiger partial charge on any atom is 0.00807 e. The van der Waals surface area contributed by atoms with Gasteiger partial charge in [-0.25, -0.2) is 0 Å². The predicted octanol–water partition coefficient (Wildman–Crippen LogP) is 4.45. The fourth-order valence-electron chi connectivity index (χ4n) is 3.45. The van der Waals surface area contributed by atoms with Crippen LogP contribution < -0.4 is 5.32 Å². The van der Waals surface area contributed by atoms with E-state index < -0.39 is 0 Å². The van der Waals surface area contributed by atoms with E-state index in [-0.39, 0.29) is 0 Å². The minimum Gasteiger partial charge on any atom is -0.314 e. The van der Waals surface area contributed by atoms with Gasteiger partial charge in [0.15, 0.2) is 0 Å². The van der Waals surface area contributed by atoms with E-state index in [4.69, 9.17) is 0 Å². The molecule has 0 aliphatic heterocycles. The van der Waals surface area contributed by atoms with Crippen molar-refractivity contribution in [3.63, 3.8) is 0 Å². The number of unbranched alkanes of at least 4 members (excludes halogenated alkanes) is 1. The molecular formula is C18H29N. The molecule has 1 aromatic rings. The summed E-state index contributed by atoms with van der Waals surface area (Å²) >= 11 is 0. The molecule has 0 spiro atoms. The highest BCUT2D eigenvalue weighted by Gasteiger charge is 2.35. The van der Waals surface area contributed by atoms with Gasteiger partial charge in [0, 0.05) is 18.0 Å². The highest BCUT2D eigenvalue weighted by atomic mass is 14.9. The molecule has 1 aromatic carbocycles. The van der Waals surface area contributed by atoms with Crippen molar-refractivity contribution in [3.05, 3.63) is 35.4 Å². The molecular weight excluding hydrogens is 230 g/mol.